The first-order chi connectivity index (χ1) is 15.2. The van der Waals surface area contributed by atoms with Crippen LogP contribution in [-0.4, -0.2) is 35.8 Å². The van der Waals surface area contributed by atoms with Crippen LogP contribution >= 0.6 is 0 Å². The molecule has 1 fully saturated rings. The molecule has 0 spiro atoms. The van der Waals surface area contributed by atoms with Gasteiger partial charge in [-0.2, -0.15) is 0 Å². The standard InChI is InChI=1S/C26H25N3O2/c30-25-21-10-4-5-11-22(21)26(31)29(25)24-13-7-6-12-23(24)27-20-14-16-28(17-15-20)18-19-8-2-1-3-9-19/h1-13,20,27H,14-18H2. The normalized spacial score (nSPS) is 17.1. The van der Waals surface area contributed by atoms with Crippen molar-refractivity contribution in [1.82, 2.24) is 4.90 Å². The number of hydrogen-bond donors (Lipinski definition) is 1. The number of imide groups is 1. The molecule has 0 unspecified atom stereocenters. The van der Waals surface area contributed by atoms with E-state index >= 15 is 0 Å². The van der Waals surface area contributed by atoms with Crippen LogP contribution in [0.25, 0.3) is 0 Å². The summed E-state index contributed by atoms with van der Waals surface area (Å²) >= 11 is 0. The van der Waals surface area contributed by atoms with E-state index < -0.39 is 0 Å². The van der Waals surface area contributed by atoms with E-state index in [0.29, 0.717) is 22.9 Å². The highest BCUT2D eigenvalue weighted by Gasteiger charge is 2.37. The van der Waals surface area contributed by atoms with E-state index in [0.717, 1.165) is 38.2 Å². The van der Waals surface area contributed by atoms with Crippen LogP contribution in [0.2, 0.25) is 0 Å². The zero-order valence-electron chi connectivity index (χ0n) is 17.3. The minimum absolute atomic E-state index is 0.257. The van der Waals surface area contributed by atoms with Gasteiger partial charge in [-0.15, -0.1) is 0 Å². The summed E-state index contributed by atoms with van der Waals surface area (Å²) in [5.74, 6) is -0.514. The molecule has 156 valence electrons. The summed E-state index contributed by atoms with van der Waals surface area (Å²) in [5, 5.41) is 3.61. The van der Waals surface area contributed by atoms with Crippen LogP contribution in [0.15, 0.2) is 78.9 Å². The van der Waals surface area contributed by atoms with E-state index in [1.54, 1.807) is 24.3 Å². The number of carbonyl (C=O) groups excluding carboxylic acids is 2. The summed E-state index contributed by atoms with van der Waals surface area (Å²) in [4.78, 5) is 29.7. The summed E-state index contributed by atoms with van der Waals surface area (Å²) in [6, 6.07) is 25.5. The van der Waals surface area contributed by atoms with Crippen molar-refractivity contribution < 1.29 is 9.59 Å². The second kappa shape index (κ2) is 8.36. The highest BCUT2D eigenvalue weighted by atomic mass is 16.2. The third-order valence-electron chi connectivity index (χ3n) is 6.14. The topological polar surface area (TPSA) is 52.7 Å². The number of likely N-dealkylation sites (tertiary alicyclic amines) is 1. The van der Waals surface area contributed by atoms with Gasteiger partial charge in [-0.25, -0.2) is 4.90 Å². The minimum Gasteiger partial charge on any atom is -0.381 e. The molecular formula is C26H25N3O2. The molecule has 0 aliphatic carbocycles. The maximum Gasteiger partial charge on any atom is 0.266 e. The summed E-state index contributed by atoms with van der Waals surface area (Å²) < 4.78 is 0. The van der Waals surface area contributed by atoms with Gasteiger partial charge < -0.3 is 5.32 Å². The third-order valence-corrected chi connectivity index (χ3v) is 6.14. The van der Waals surface area contributed by atoms with Crippen LogP contribution in [0.1, 0.15) is 39.1 Å². The molecule has 5 nitrogen and oxygen atoms in total. The number of para-hydroxylation sites is 2. The number of carbonyl (C=O) groups is 2. The first-order valence-corrected chi connectivity index (χ1v) is 10.8. The lowest BCUT2D eigenvalue weighted by Crippen LogP contribution is -2.39. The molecule has 0 saturated carbocycles. The summed E-state index contributed by atoms with van der Waals surface area (Å²) in [6.07, 6.45) is 2.03. The number of amides is 2. The number of fused-ring (bicyclic) bond motifs is 1. The van der Waals surface area contributed by atoms with Crippen molar-refractivity contribution in [3.63, 3.8) is 0 Å². The largest absolute Gasteiger partial charge is 0.381 e. The molecule has 1 N–H and O–H groups in total. The molecule has 5 heteroatoms. The van der Waals surface area contributed by atoms with Crippen molar-refractivity contribution in [2.75, 3.05) is 23.3 Å². The Morgan fingerprint density at radius 2 is 1.32 bits per heavy atom. The van der Waals surface area contributed by atoms with Crippen molar-refractivity contribution in [1.29, 1.82) is 0 Å². The van der Waals surface area contributed by atoms with E-state index in [4.69, 9.17) is 0 Å². The fourth-order valence-electron chi connectivity index (χ4n) is 4.50. The SMILES string of the molecule is O=C1c2ccccc2C(=O)N1c1ccccc1NC1CCN(Cc2ccccc2)CC1. The van der Waals surface area contributed by atoms with Gasteiger partial charge in [-0.1, -0.05) is 54.6 Å². The fraction of sp³-hybridized carbons (Fsp3) is 0.231. The molecule has 2 amide bonds. The van der Waals surface area contributed by atoms with Crippen LogP contribution in [0.4, 0.5) is 11.4 Å². The van der Waals surface area contributed by atoms with Gasteiger partial charge in [0, 0.05) is 25.7 Å². The van der Waals surface area contributed by atoms with E-state index in [1.165, 1.54) is 10.5 Å². The van der Waals surface area contributed by atoms with Gasteiger partial charge in [0.15, 0.2) is 0 Å². The van der Waals surface area contributed by atoms with Crippen molar-refractivity contribution in [3.8, 4) is 0 Å². The molecule has 3 aromatic carbocycles. The number of nitrogens with one attached hydrogen (secondary N) is 1. The predicted molar refractivity (Wildman–Crippen MR) is 122 cm³/mol. The Balaban J connectivity index is 1.28. The van der Waals surface area contributed by atoms with Gasteiger partial charge in [-0.3, -0.25) is 14.5 Å². The average Bonchev–Trinajstić information content (AvgIpc) is 3.06. The molecule has 0 aromatic heterocycles. The Morgan fingerprint density at radius 3 is 2.00 bits per heavy atom. The Hall–Kier alpha value is -3.44. The number of piperidine rings is 1. The number of hydrogen-bond acceptors (Lipinski definition) is 4. The van der Waals surface area contributed by atoms with Gasteiger partial charge in [0.25, 0.3) is 11.8 Å². The maximum atomic E-state index is 12.9. The van der Waals surface area contributed by atoms with Crippen LogP contribution in [0.5, 0.6) is 0 Å². The predicted octanol–water partition coefficient (Wildman–Crippen LogP) is 4.56. The van der Waals surface area contributed by atoms with Gasteiger partial charge in [0.1, 0.15) is 0 Å². The smallest absolute Gasteiger partial charge is 0.266 e. The zero-order chi connectivity index (χ0) is 21.2. The van der Waals surface area contributed by atoms with Crippen LogP contribution in [-0.2, 0) is 6.54 Å². The van der Waals surface area contributed by atoms with Gasteiger partial charge in [-0.05, 0) is 42.7 Å². The number of rotatable bonds is 5. The minimum atomic E-state index is -0.257. The molecule has 5 rings (SSSR count). The van der Waals surface area contributed by atoms with Crippen molar-refractivity contribution in [3.05, 3.63) is 95.6 Å². The monoisotopic (exact) mass is 411 g/mol. The second-order valence-corrected chi connectivity index (χ2v) is 8.19. The molecule has 2 aliphatic rings. The summed E-state index contributed by atoms with van der Waals surface area (Å²) in [5.41, 5.74) is 3.73. The molecule has 2 aliphatic heterocycles. The highest BCUT2D eigenvalue weighted by molar-refractivity contribution is 6.35. The third kappa shape index (κ3) is 3.84. The van der Waals surface area contributed by atoms with E-state index in [2.05, 4.69) is 34.5 Å². The Morgan fingerprint density at radius 1 is 0.742 bits per heavy atom. The quantitative estimate of drug-likeness (QED) is 0.625. The molecule has 0 bridgehead atoms. The van der Waals surface area contributed by atoms with Crippen LogP contribution in [0.3, 0.4) is 0 Å². The Bertz CT molecular complexity index is 1070. The Kier molecular flexibility index (Phi) is 5.26. The molecule has 31 heavy (non-hydrogen) atoms. The van der Waals surface area contributed by atoms with Crippen LogP contribution in [0, 0.1) is 0 Å². The second-order valence-electron chi connectivity index (χ2n) is 8.19. The lowest BCUT2D eigenvalue weighted by Gasteiger charge is -2.33. The van der Waals surface area contributed by atoms with E-state index in [9.17, 15) is 9.59 Å². The molecule has 2 heterocycles. The van der Waals surface area contributed by atoms with Crippen molar-refractivity contribution in [2.24, 2.45) is 0 Å². The molecule has 0 atom stereocenters. The van der Waals surface area contributed by atoms with Crippen LogP contribution < -0.4 is 10.2 Å². The zero-order valence-corrected chi connectivity index (χ0v) is 17.3. The lowest BCUT2D eigenvalue weighted by atomic mass is 10.0. The Labute approximate surface area is 182 Å². The number of benzene rings is 3. The highest BCUT2D eigenvalue weighted by Crippen LogP contribution is 2.34. The van der Waals surface area contributed by atoms with Crippen molar-refractivity contribution in [2.45, 2.75) is 25.4 Å². The number of anilines is 2. The fourth-order valence-corrected chi connectivity index (χ4v) is 4.50. The first-order valence-electron chi connectivity index (χ1n) is 10.8. The van der Waals surface area contributed by atoms with Gasteiger partial charge >= 0.3 is 0 Å². The van der Waals surface area contributed by atoms with Gasteiger partial charge in [0.2, 0.25) is 0 Å². The summed E-state index contributed by atoms with van der Waals surface area (Å²) in [6.45, 7) is 3.00. The average molecular weight is 412 g/mol. The molecule has 0 radical (unpaired) electrons. The van der Waals surface area contributed by atoms with Crippen molar-refractivity contribution >= 4 is 23.2 Å². The first kappa shape index (κ1) is 19.5. The number of nitrogens with zero attached hydrogens (tertiary/aromatic N) is 2. The van der Waals surface area contributed by atoms with Gasteiger partial charge in [0.05, 0.1) is 22.5 Å². The van der Waals surface area contributed by atoms with E-state index in [1.807, 2.05) is 30.3 Å². The molecule has 3 aromatic rings. The molecular weight excluding hydrogens is 386 g/mol. The lowest BCUT2D eigenvalue weighted by molar-refractivity contribution is 0.0926. The molecule has 1 saturated heterocycles. The maximum absolute atomic E-state index is 12.9. The van der Waals surface area contributed by atoms with E-state index in [-0.39, 0.29) is 11.8 Å². The summed E-state index contributed by atoms with van der Waals surface area (Å²) in [7, 11) is 0.